The van der Waals surface area contributed by atoms with E-state index in [9.17, 15) is 43.8 Å². The molecule has 16 nitrogen and oxygen atoms in total. The quantitative estimate of drug-likeness (QED) is 0.127. The van der Waals surface area contributed by atoms with E-state index < -0.39 is 84.8 Å². The van der Waals surface area contributed by atoms with Crippen molar-refractivity contribution in [1.29, 1.82) is 0 Å². The monoisotopic (exact) mass is 618 g/mol. The number of likely N-dealkylation sites (tertiary alicyclic amines) is 2. The van der Waals surface area contributed by atoms with Gasteiger partial charge < -0.3 is 46.4 Å². The fourth-order valence-corrected chi connectivity index (χ4v) is 5.26. The van der Waals surface area contributed by atoms with E-state index in [1.165, 1.54) is 35.8 Å². The van der Waals surface area contributed by atoms with Gasteiger partial charge in [-0.1, -0.05) is 12.1 Å². The SMILES string of the molecule is CC(=O)N[C@@H](Cc1ccc(O)cc1)C(=O)N1CCC[C@H]1C(=O)N1C[C@H](O)C[C@H]1C(=O)NCC(=O)N[C@@H](C)C(=O)NCC(=O)O. The minimum atomic E-state index is -1.26. The Bertz CT molecular complexity index is 1270. The number of aliphatic hydroxyl groups excluding tert-OH is 1. The molecule has 1 aromatic rings. The molecular weight excluding hydrogens is 580 g/mol. The zero-order valence-electron chi connectivity index (χ0n) is 24.4. The zero-order chi connectivity index (χ0) is 32.6. The third-order valence-corrected chi connectivity index (χ3v) is 7.35. The number of phenols is 1. The summed E-state index contributed by atoms with van der Waals surface area (Å²) in [6, 6.07) is 2.03. The average Bonchev–Trinajstić information content (AvgIpc) is 3.61. The van der Waals surface area contributed by atoms with Crippen LogP contribution in [0.15, 0.2) is 24.3 Å². The maximum Gasteiger partial charge on any atom is 0.322 e. The van der Waals surface area contributed by atoms with Gasteiger partial charge in [0.05, 0.1) is 12.6 Å². The van der Waals surface area contributed by atoms with Gasteiger partial charge in [0, 0.05) is 32.9 Å². The average molecular weight is 619 g/mol. The van der Waals surface area contributed by atoms with Crippen LogP contribution in [-0.4, -0.2) is 123 Å². The van der Waals surface area contributed by atoms with Gasteiger partial charge in [0.15, 0.2) is 0 Å². The van der Waals surface area contributed by atoms with Crippen LogP contribution in [0.4, 0.5) is 0 Å². The van der Waals surface area contributed by atoms with E-state index in [0.29, 0.717) is 18.4 Å². The number of benzene rings is 1. The van der Waals surface area contributed by atoms with Gasteiger partial charge in [-0.2, -0.15) is 0 Å². The van der Waals surface area contributed by atoms with Crippen molar-refractivity contribution in [2.75, 3.05) is 26.2 Å². The Morgan fingerprint density at radius 3 is 2.27 bits per heavy atom. The van der Waals surface area contributed by atoms with Crippen LogP contribution in [0.2, 0.25) is 0 Å². The molecule has 0 aromatic heterocycles. The van der Waals surface area contributed by atoms with E-state index in [1.54, 1.807) is 12.1 Å². The minimum Gasteiger partial charge on any atom is -0.508 e. The van der Waals surface area contributed by atoms with Crippen LogP contribution in [0.1, 0.15) is 38.7 Å². The number of aromatic hydroxyl groups is 1. The molecule has 0 bridgehead atoms. The molecular formula is C28H38N6O10. The van der Waals surface area contributed by atoms with Gasteiger partial charge >= 0.3 is 5.97 Å². The van der Waals surface area contributed by atoms with Gasteiger partial charge in [0.1, 0.15) is 36.5 Å². The summed E-state index contributed by atoms with van der Waals surface area (Å²) in [4.78, 5) is 89.5. The number of nitrogens with zero attached hydrogens (tertiary/aromatic N) is 2. The standard InChI is InChI=1S/C28H38N6O10/c1-15(25(41)30-13-24(39)40)31-23(38)12-29-26(42)22-11-19(37)14-34(22)28(44)21-4-3-9-33(21)27(43)20(32-16(2)35)10-17-5-7-18(36)8-6-17/h5-8,15,19-22,36-37H,3-4,9-14H2,1-2H3,(H,29,42)(H,30,41)(H,31,38)(H,32,35)(H,39,40)/t15-,19+,20-,21-,22-/m0/s1. The summed E-state index contributed by atoms with van der Waals surface area (Å²) in [6.45, 7) is 1.51. The van der Waals surface area contributed by atoms with Crippen LogP contribution in [-0.2, 0) is 40.0 Å². The number of amides is 6. The molecule has 0 spiro atoms. The Hall–Kier alpha value is -4.73. The Morgan fingerprint density at radius 1 is 0.955 bits per heavy atom. The molecule has 6 amide bonds. The third kappa shape index (κ3) is 9.13. The third-order valence-electron chi connectivity index (χ3n) is 7.35. The van der Waals surface area contributed by atoms with Crippen LogP contribution >= 0.6 is 0 Å². The van der Waals surface area contributed by atoms with Crippen molar-refractivity contribution < 1.29 is 48.9 Å². The van der Waals surface area contributed by atoms with Crippen molar-refractivity contribution in [1.82, 2.24) is 31.1 Å². The van der Waals surface area contributed by atoms with Crippen LogP contribution < -0.4 is 21.3 Å². The summed E-state index contributed by atoms with van der Waals surface area (Å²) < 4.78 is 0. The number of hydrogen-bond acceptors (Lipinski definition) is 9. The summed E-state index contributed by atoms with van der Waals surface area (Å²) in [5.74, 6) is -4.87. The number of aliphatic hydroxyl groups is 1. The van der Waals surface area contributed by atoms with Crippen LogP contribution in [0.5, 0.6) is 5.75 Å². The van der Waals surface area contributed by atoms with Gasteiger partial charge in [-0.15, -0.1) is 0 Å². The predicted octanol–water partition coefficient (Wildman–Crippen LogP) is -2.79. The maximum absolute atomic E-state index is 13.7. The summed E-state index contributed by atoms with van der Waals surface area (Å²) in [7, 11) is 0. The van der Waals surface area contributed by atoms with Crippen LogP contribution in [0.25, 0.3) is 0 Å². The normalized spacial score (nSPS) is 20.8. The number of carbonyl (C=O) groups is 7. The summed E-state index contributed by atoms with van der Waals surface area (Å²) in [5.41, 5.74) is 0.677. The molecule has 0 saturated carbocycles. The highest BCUT2D eigenvalue weighted by atomic mass is 16.4. The first-order valence-electron chi connectivity index (χ1n) is 14.2. The first kappa shape index (κ1) is 33.8. The number of rotatable bonds is 12. The highest BCUT2D eigenvalue weighted by molar-refractivity contribution is 5.96. The first-order valence-corrected chi connectivity index (χ1v) is 14.2. The lowest BCUT2D eigenvalue weighted by molar-refractivity contribution is -0.148. The van der Waals surface area contributed by atoms with Gasteiger partial charge in [-0.25, -0.2) is 0 Å². The number of nitrogens with one attached hydrogen (secondary N) is 4. The first-order chi connectivity index (χ1) is 20.8. The highest BCUT2D eigenvalue weighted by Gasteiger charge is 2.45. The second-order valence-corrected chi connectivity index (χ2v) is 10.8. The van der Waals surface area contributed by atoms with Crippen molar-refractivity contribution >= 4 is 41.4 Å². The summed E-state index contributed by atoms with van der Waals surface area (Å²) in [6.07, 6.45) is -0.190. The molecule has 5 atom stereocenters. The number of carboxylic acids is 1. The molecule has 2 fully saturated rings. The van der Waals surface area contributed by atoms with Crippen LogP contribution in [0, 0.1) is 0 Å². The molecule has 44 heavy (non-hydrogen) atoms. The highest BCUT2D eigenvalue weighted by Crippen LogP contribution is 2.26. The number of β-amino-alcohol motifs (C(OH)–C–C–N with tert-alkyl or cyclic N) is 1. The number of aliphatic carboxylic acids is 1. The van der Waals surface area contributed by atoms with Gasteiger partial charge in [0.25, 0.3) is 0 Å². The maximum atomic E-state index is 13.7. The minimum absolute atomic E-state index is 0.0447. The Labute approximate surface area is 253 Å². The predicted molar refractivity (Wildman–Crippen MR) is 152 cm³/mol. The van der Waals surface area contributed by atoms with Crippen molar-refractivity contribution in [3.05, 3.63) is 29.8 Å². The largest absolute Gasteiger partial charge is 0.508 e. The second-order valence-electron chi connectivity index (χ2n) is 10.8. The van der Waals surface area contributed by atoms with Crippen LogP contribution in [0.3, 0.4) is 0 Å². The van der Waals surface area contributed by atoms with E-state index in [0.717, 1.165) is 0 Å². The fourth-order valence-electron chi connectivity index (χ4n) is 5.26. The van der Waals surface area contributed by atoms with E-state index in [-0.39, 0.29) is 31.7 Å². The molecule has 0 aliphatic carbocycles. The van der Waals surface area contributed by atoms with E-state index in [2.05, 4.69) is 21.3 Å². The van der Waals surface area contributed by atoms with E-state index >= 15 is 0 Å². The van der Waals surface area contributed by atoms with Crippen molar-refractivity contribution in [2.24, 2.45) is 0 Å². The molecule has 3 rings (SSSR count). The lowest BCUT2D eigenvalue weighted by Crippen LogP contribution is -2.57. The van der Waals surface area contributed by atoms with Gasteiger partial charge in [-0.3, -0.25) is 33.6 Å². The molecule has 0 unspecified atom stereocenters. The fraction of sp³-hybridized carbons (Fsp3) is 0.536. The molecule has 16 heteroatoms. The number of phenolic OH excluding ortho intramolecular Hbond substituents is 1. The topological polar surface area (TPSA) is 235 Å². The molecule has 240 valence electrons. The lowest BCUT2D eigenvalue weighted by Gasteiger charge is -2.32. The lowest BCUT2D eigenvalue weighted by atomic mass is 10.0. The molecule has 2 aliphatic heterocycles. The van der Waals surface area contributed by atoms with Crippen molar-refractivity contribution in [3.8, 4) is 5.75 Å². The molecule has 7 N–H and O–H groups in total. The molecule has 1 aromatic carbocycles. The number of hydrogen-bond donors (Lipinski definition) is 7. The molecule has 2 aliphatic rings. The number of carboxylic acid groups (broad SMARTS) is 1. The van der Waals surface area contributed by atoms with Crippen molar-refractivity contribution in [3.63, 3.8) is 0 Å². The smallest absolute Gasteiger partial charge is 0.322 e. The van der Waals surface area contributed by atoms with E-state index in [4.69, 9.17) is 5.11 Å². The molecule has 2 heterocycles. The Balaban J connectivity index is 1.64. The Kier molecular flexibility index (Phi) is 11.6. The van der Waals surface area contributed by atoms with Gasteiger partial charge in [-0.05, 0) is 37.5 Å². The summed E-state index contributed by atoms with van der Waals surface area (Å²) in [5, 5.41) is 38.0. The second kappa shape index (κ2) is 15.1. The summed E-state index contributed by atoms with van der Waals surface area (Å²) >= 11 is 0. The zero-order valence-corrected chi connectivity index (χ0v) is 24.4. The molecule has 2 saturated heterocycles. The van der Waals surface area contributed by atoms with E-state index in [1.807, 2.05) is 0 Å². The number of carbonyl (C=O) groups excluding carboxylic acids is 6. The Morgan fingerprint density at radius 2 is 1.64 bits per heavy atom. The van der Waals surface area contributed by atoms with Gasteiger partial charge in [0.2, 0.25) is 35.4 Å². The van der Waals surface area contributed by atoms with Crippen molar-refractivity contribution in [2.45, 2.75) is 69.8 Å². The molecule has 0 radical (unpaired) electrons.